The third-order valence-corrected chi connectivity index (χ3v) is 7.73. The van der Waals surface area contributed by atoms with Gasteiger partial charge in [0, 0.05) is 35.9 Å². The minimum Gasteiger partial charge on any atom is -0.493 e. The van der Waals surface area contributed by atoms with E-state index in [0.717, 1.165) is 16.8 Å². The summed E-state index contributed by atoms with van der Waals surface area (Å²) in [4.78, 5) is 37.0. The van der Waals surface area contributed by atoms with Crippen molar-refractivity contribution in [2.24, 2.45) is 0 Å². The van der Waals surface area contributed by atoms with Crippen LogP contribution in [0.5, 0.6) is 17.2 Å². The molecule has 0 spiro atoms. The number of anilines is 2. The van der Waals surface area contributed by atoms with Crippen molar-refractivity contribution in [3.05, 3.63) is 77.3 Å². The Morgan fingerprint density at radius 1 is 0.864 bits per heavy atom. The minimum atomic E-state index is -0.823. The Hall–Kier alpha value is -4.74. The van der Waals surface area contributed by atoms with E-state index < -0.39 is 23.4 Å². The Bertz CT molecular complexity index is 1660. The highest BCUT2D eigenvalue weighted by Gasteiger charge is 2.48. The van der Waals surface area contributed by atoms with Gasteiger partial charge in [-0.2, -0.15) is 0 Å². The molecule has 5 rings (SSSR count). The van der Waals surface area contributed by atoms with Crippen LogP contribution in [0.3, 0.4) is 0 Å². The monoisotopic (exact) mass is 636 g/mol. The van der Waals surface area contributed by atoms with E-state index in [9.17, 15) is 9.59 Å². The molecule has 1 fully saturated rings. The molecule has 0 radical (unpaired) electrons. The maximum atomic E-state index is 13.2. The molecule has 228 valence electrons. The van der Waals surface area contributed by atoms with Gasteiger partial charge in [0.05, 0.1) is 32.7 Å². The lowest BCUT2D eigenvalue weighted by Gasteiger charge is -2.43. The summed E-state index contributed by atoms with van der Waals surface area (Å²) in [5.74, 6) is 0.833. The number of rotatable bonds is 9. The van der Waals surface area contributed by atoms with Crippen molar-refractivity contribution in [3.8, 4) is 39.8 Å². The fraction of sp³-hybridized carbons (Fsp3) is 0.226. The average molecular weight is 638 g/mol. The summed E-state index contributed by atoms with van der Waals surface area (Å²) < 4.78 is 16.5. The molecule has 1 aliphatic rings. The molecule has 4 aromatic rings. The van der Waals surface area contributed by atoms with Crippen molar-refractivity contribution in [3.63, 3.8) is 0 Å². The highest BCUT2D eigenvalue weighted by Crippen LogP contribution is 2.41. The van der Waals surface area contributed by atoms with Crippen LogP contribution in [0.2, 0.25) is 5.02 Å². The van der Waals surface area contributed by atoms with Crippen LogP contribution in [0.1, 0.15) is 11.6 Å². The van der Waals surface area contributed by atoms with Gasteiger partial charge in [0.15, 0.2) is 11.5 Å². The summed E-state index contributed by atoms with van der Waals surface area (Å²) in [5, 5.41) is 3.59. The summed E-state index contributed by atoms with van der Waals surface area (Å²) in [7, 11) is 8.42. The van der Waals surface area contributed by atoms with Gasteiger partial charge in [-0.15, -0.1) is 11.6 Å². The second-order valence-electron chi connectivity index (χ2n) is 9.99. The molecule has 0 bridgehead atoms. The first kappa shape index (κ1) is 30.7. The van der Waals surface area contributed by atoms with Crippen molar-refractivity contribution in [1.82, 2.24) is 20.4 Å². The van der Waals surface area contributed by atoms with Crippen LogP contribution < -0.4 is 29.9 Å². The SMILES string of the molecule is COc1cc(-c2cc(-c3ccc(Cl)cc3)nc(NC(=O)NN3C(=O)C(Cl)C3c3ccc(N(C)C)cc3)n2)cc(OC)c1OC. The van der Waals surface area contributed by atoms with E-state index in [-0.39, 0.29) is 5.95 Å². The van der Waals surface area contributed by atoms with Gasteiger partial charge in [0.25, 0.3) is 5.91 Å². The molecule has 1 aliphatic heterocycles. The summed E-state index contributed by atoms with van der Waals surface area (Å²) in [5.41, 5.74) is 6.68. The lowest BCUT2D eigenvalue weighted by molar-refractivity contribution is -0.149. The van der Waals surface area contributed by atoms with E-state index in [2.05, 4.69) is 20.7 Å². The van der Waals surface area contributed by atoms with Crippen LogP contribution in [-0.2, 0) is 4.79 Å². The minimum absolute atomic E-state index is 0.0130. The second-order valence-corrected chi connectivity index (χ2v) is 10.9. The normalized spacial score (nSPS) is 15.7. The Morgan fingerprint density at radius 3 is 2.00 bits per heavy atom. The van der Waals surface area contributed by atoms with Crippen molar-refractivity contribution >= 4 is 46.8 Å². The molecule has 3 amide bonds. The van der Waals surface area contributed by atoms with Crippen molar-refractivity contribution in [2.75, 3.05) is 45.6 Å². The smallest absolute Gasteiger partial charge is 0.340 e. The van der Waals surface area contributed by atoms with Crippen molar-refractivity contribution in [2.45, 2.75) is 11.4 Å². The van der Waals surface area contributed by atoms with Crippen LogP contribution in [0, 0.1) is 0 Å². The molecule has 2 N–H and O–H groups in total. The third kappa shape index (κ3) is 6.15. The Labute approximate surface area is 264 Å². The van der Waals surface area contributed by atoms with Crippen molar-refractivity contribution in [1.29, 1.82) is 0 Å². The molecule has 0 saturated carbocycles. The summed E-state index contributed by atoms with van der Waals surface area (Å²) in [6.07, 6.45) is 0. The number of benzene rings is 3. The molecule has 2 unspecified atom stereocenters. The van der Waals surface area contributed by atoms with Crippen LogP contribution in [-0.4, -0.2) is 67.7 Å². The maximum Gasteiger partial charge on any atom is 0.340 e. The lowest BCUT2D eigenvalue weighted by atomic mass is 9.95. The zero-order chi connectivity index (χ0) is 31.5. The Morgan fingerprint density at radius 2 is 1.45 bits per heavy atom. The number of hydrogen-bond acceptors (Lipinski definition) is 8. The number of alkyl halides is 1. The number of hydrazine groups is 1. The lowest BCUT2D eigenvalue weighted by Crippen LogP contribution is -2.63. The number of carbonyl (C=O) groups is 2. The van der Waals surface area contributed by atoms with Gasteiger partial charge >= 0.3 is 6.03 Å². The molecule has 2 heterocycles. The number of methoxy groups -OCH3 is 3. The highest BCUT2D eigenvalue weighted by molar-refractivity contribution is 6.33. The van der Waals surface area contributed by atoms with Gasteiger partial charge < -0.3 is 19.1 Å². The van der Waals surface area contributed by atoms with Gasteiger partial charge in [0.2, 0.25) is 11.7 Å². The van der Waals surface area contributed by atoms with E-state index in [1.54, 1.807) is 42.5 Å². The third-order valence-electron chi connectivity index (χ3n) is 7.05. The molecular weight excluding hydrogens is 607 g/mol. The summed E-state index contributed by atoms with van der Waals surface area (Å²) in [6.45, 7) is 0. The highest BCUT2D eigenvalue weighted by atomic mass is 35.5. The van der Waals surface area contributed by atoms with Crippen molar-refractivity contribution < 1.29 is 23.8 Å². The molecule has 1 aromatic heterocycles. The number of hydrogen-bond donors (Lipinski definition) is 2. The number of nitrogens with one attached hydrogen (secondary N) is 2. The maximum absolute atomic E-state index is 13.2. The topological polar surface area (TPSA) is 118 Å². The predicted molar refractivity (Wildman–Crippen MR) is 170 cm³/mol. The van der Waals surface area contributed by atoms with Gasteiger partial charge in [0.1, 0.15) is 11.4 Å². The van der Waals surface area contributed by atoms with E-state index in [1.165, 1.54) is 26.3 Å². The van der Waals surface area contributed by atoms with E-state index >= 15 is 0 Å². The first-order valence-corrected chi connectivity index (χ1v) is 14.2. The molecule has 3 aromatic carbocycles. The fourth-order valence-corrected chi connectivity index (χ4v) is 5.24. The molecule has 0 aliphatic carbocycles. The van der Waals surface area contributed by atoms with Gasteiger partial charge in [-0.05, 0) is 48.0 Å². The molecule has 1 saturated heterocycles. The molecule has 13 heteroatoms. The standard InChI is InChI=1S/C31H30Cl2N6O5/c1-38(2)21-12-8-18(9-13-21)27-26(33)29(40)39(27)37-31(41)36-30-34-22(17-6-10-20(32)11-7-17)16-23(35-30)19-14-24(42-3)28(44-5)25(15-19)43-4/h6-16,26-27H,1-5H3,(H2,34,35,36,37,41). The van der Waals surface area contributed by atoms with Gasteiger partial charge in [-0.25, -0.2) is 25.2 Å². The number of halogens is 2. The number of nitrogens with zero attached hydrogens (tertiary/aromatic N) is 4. The molecule has 2 atom stereocenters. The Kier molecular flexibility index (Phi) is 8.98. The molecule has 11 nitrogen and oxygen atoms in total. The number of urea groups is 1. The zero-order valence-electron chi connectivity index (χ0n) is 24.6. The fourth-order valence-electron chi connectivity index (χ4n) is 4.75. The number of aromatic nitrogens is 2. The number of amides is 3. The summed E-state index contributed by atoms with van der Waals surface area (Å²) >= 11 is 12.5. The van der Waals surface area contributed by atoms with Crippen LogP contribution in [0.4, 0.5) is 16.4 Å². The number of β-lactam (4-membered cyclic amide) rings is 1. The first-order chi connectivity index (χ1) is 21.1. The molecular formula is C31H30Cl2N6O5. The van der Waals surface area contributed by atoms with Crippen LogP contribution in [0.25, 0.3) is 22.5 Å². The van der Waals surface area contributed by atoms with Gasteiger partial charge in [-0.1, -0.05) is 35.9 Å². The second kappa shape index (κ2) is 12.9. The van der Waals surface area contributed by atoms with E-state index in [0.29, 0.717) is 39.2 Å². The molecule has 44 heavy (non-hydrogen) atoms. The average Bonchev–Trinajstić information content (AvgIpc) is 3.03. The summed E-state index contributed by atoms with van der Waals surface area (Å²) in [6, 6.07) is 18.6. The van der Waals surface area contributed by atoms with Gasteiger partial charge in [-0.3, -0.25) is 10.1 Å². The first-order valence-electron chi connectivity index (χ1n) is 13.4. The quantitative estimate of drug-likeness (QED) is 0.175. The van der Waals surface area contributed by atoms with E-state index in [4.69, 9.17) is 37.4 Å². The largest absolute Gasteiger partial charge is 0.493 e. The van der Waals surface area contributed by atoms with Crippen LogP contribution in [0.15, 0.2) is 66.7 Å². The predicted octanol–water partition coefficient (Wildman–Crippen LogP) is 5.78. The number of ether oxygens (including phenoxy) is 3. The Balaban J connectivity index is 1.46. The number of carbonyl (C=O) groups excluding carboxylic acids is 2. The zero-order valence-corrected chi connectivity index (χ0v) is 26.1. The van der Waals surface area contributed by atoms with Crippen LogP contribution >= 0.6 is 23.2 Å². The van der Waals surface area contributed by atoms with E-state index in [1.807, 2.05) is 43.3 Å².